The van der Waals surface area contributed by atoms with Gasteiger partial charge in [-0.05, 0) is 30.7 Å². The highest BCUT2D eigenvalue weighted by atomic mass is 16.4. The summed E-state index contributed by atoms with van der Waals surface area (Å²) in [6, 6.07) is 2.86. The first-order chi connectivity index (χ1) is 18.6. The molecule has 0 saturated heterocycles. The van der Waals surface area contributed by atoms with Crippen molar-refractivity contribution in [3.8, 4) is 0 Å². The van der Waals surface area contributed by atoms with Crippen molar-refractivity contribution in [2.24, 2.45) is 17.6 Å². The number of benzene rings is 1. The maximum atomic E-state index is 12.9. The van der Waals surface area contributed by atoms with Crippen LogP contribution in [0.2, 0.25) is 0 Å². The van der Waals surface area contributed by atoms with Crippen molar-refractivity contribution in [2.75, 3.05) is 0 Å². The number of carbonyl (C=O) groups is 6. The van der Waals surface area contributed by atoms with Crippen molar-refractivity contribution in [1.29, 1.82) is 0 Å². The van der Waals surface area contributed by atoms with Crippen LogP contribution >= 0.6 is 0 Å². The average molecular weight is 564 g/mol. The predicted molar refractivity (Wildman–Crippen MR) is 146 cm³/mol. The number of hydrogen-bond donors (Lipinski definition) is 7. The molecule has 0 aliphatic rings. The van der Waals surface area contributed by atoms with Crippen LogP contribution in [0.5, 0.6) is 0 Å². The van der Waals surface area contributed by atoms with Gasteiger partial charge < -0.3 is 37.2 Å². The van der Waals surface area contributed by atoms with Crippen molar-refractivity contribution in [1.82, 2.24) is 21.3 Å². The van der Waals surface area contributed by atoms with E-state index < -0.39 is 72.2 Å². The molecule has 0 fully saturated rings. The van der Waals surface area contributed by atoms with E-state index in [-0.39, 0.29) is 24.7 Å². The second-order valence-electron chi connectivity index (χ2n) is 10.3. The van der Waals surface area contributed by atoms with Crippen molar-refractivity contribution in [3.05, 3.63) is 35.9 Å². The summed E-state index contributed by atoms with van der Waals surface area (Å²) in [5, 5.41) is 28.5. The molecule has 40 heavy (non-hydrogen) atoms. The second-order valence-corrected chi connectivity index (χ2v) is 10.3. The Bertz CT molecular complexity index is 1050. The maximum absolute atomic E-state index is 12.9. The van der Waals surface area contributed by atoms with Gasteiger partial charge in [-0.25, -0.2) is 4.79 Å². The molecular weight excluding hydrogens is 522 g/mol. The van der Waals surface area contributed by atoms with Crippen LogP contribution in [-0.2, 0) is 35.2 Å². The zero-order valence-electron chi connectivity index (χ0n) is 23.5. The number of hydrogen-bond acceptors (Lipinski definition) is 7. The minimum Gasteiger partial charge on any atom is -0.481 e. The smallest absolute Gasteiger partial charge is 0.326 e. The summed E-state index contributed by atoms with van der Waals surface area (Å²) in [6.45, 7) is 8.29. The maximum Gasteiger partial charge on any atom is 0.326 e. The Hall–Kier alpha value is -4.00. The van der Waals surface area contributed by atoms with Crippen molar-refractivity contribution in [3.63, 3.8) is 0 Å². The summed E-state index contributed by atoms with van der Waals surface area (Å²) in [6.07, 6.45) is -0.827. The molecule has 0 heterocycles. The molecule has 0 radical (unpaired) electrons. The van der Waals surface area contributed by atoms with Crippen LogP contribution in [-0.4, -0.2) is 76.0 Å². The first kappa shape index (κ1) is 34.0. The van der Waals surface area contributed by atoms with Gasteiger partial charge in [0.25, 0.3) is 0 Å². The lowest BCUT2D eigenvalue weighted by atomic mass is 10.00. The van der Waals surface area contributed by atoms with Crippen molar-refractivity contribution in [2.45, 2.75) is 84.1 Å². The molecule has 222 valence electrons. The van der Waals surface area contributed by atoms with Crippen LogP contribution in [0.15, 0.2) is 30.3 Å². The Labute approximate surface area is 233 Å². The van der Waals surface area contributed by atoms with E-state index in [2.05, 4.69) is 21.3 Å². The van der Waals surface area contributed by atoms with Gasteiger partial charge in [0.1, 0.15) is 24.2 Å². The highest BCUT2D eigenvalue weighted by Gasteiger charge is 2.32. The van der Waals surface area contributed by atoms with E-state index in [0.29, 0.717) is 5.56 Å². The molecule has 1 aromatic rings. The van der Waals surface area contributed by atoms with Crippen LogP contribution in [0.4, 0.5) is 0 Å². The molecule has 0 bridgehead atoms. The van der Waals surface area contributed by atoms with Gasteiger partial charge >= 0.3 is 11.9 Å². The molecule has 0 unspecified atom stereocenters. The van der Waals surface area contributed by atoms with Crippen molar-refractivity contribution >= 4 is 35.6 Å². The number of aliphatic carboxylic acids is 2. The summed E-state index contributed by atoms with van der Waals surface area (Å²) >= 11 is 0. The van der Waals surface area contributed by atoms with Crippen LogP contribution in [0, 0.1) is 11.8 Å². The number of carbonyl (C=O) groups excluding carboxylic acids is 4. The van der Waals surface area contributed by atoms with E-state index in [9.17, 15) is 33.9 Å². The van der Waals surface area contributed by atoms with E-state index in [0.717, 1.165) is 0 Å². The Morgan fingerprint density at radius 1 is 0.725 bits per heavy atom. The number of carboxylic acids is 2. The SMILES string of the molecule is CC(C)[C@H](N)C(=O)N[C@H](C(=O)N[C@@H](C)C(=O)N[C@@H](CCC(=O)O)C(=O)N[C@@H](Cc1ccccc1)C(=O)O)C(C)C. The predicted octanol–water partition coefficient (Wildman–Crippen LogP) is -0.223. The van der Waals surface area contributed by atoms with E-state index in [1.807, 2.05) is 0 Å². The molecule has 13 heteroatoms. The zero-order valence-corrected chi connectivity index (χ0v) is 23.5. The second kappa shape index (κ2) is 16.2. The Kier molecular flexibility index (Phi) is 13.8. The Morgan fingerprint density at radius 3 is 1.80 bits per heavy atom. The largest absolute Gasteiger partial charge is 0.481 e. The average Bonchev–Trinajstić information content (AvgIpc) is 2.88. The molecule has 0 aromatic heterocycles. The monoisotopic (exact) mass is 563 g/mol. The van der Waals surface area contributed by atoms with Gasteiger partial charge in [-0.15, -0.1) is 0 Å². The molecule has 8 N–H and O–H groups in total. The summed E-state index contributed by atoms with van der Waals surface area (Å²) in [7, 11) is 0. The first-order valence-electron chi connectivity index (χ1n) is 13.1. The van der Waals surface area contributed by atoms with Crippen LogP contribution in [0.3, 0.4) is 0 Å². The van der Waals surface area contributed by atoms with E-state index in [1.54, 1.807) is 58.0 Å². The summed E-state index contributed by atoms with van der Waals surface area (Å²) in [5.41, 5.74) is 6.51. The van der Waals surface area contributed by atoms with Gasteiger partial charge in [0, 0.05) is 12.8 Å². The third-order valence-corrected chi connectivity index (χ3v) is 6.20. The molecule has 0 spiro atoms. The number of amides is 4. The Morgan fingerprint density at radius 2 is 1.30 bits per heavy atom. The Balaban J connectivity index is 2.94. The van der Waals surface area contributed by atoms with Gasteiger partial charge in [-0.1, -0.05) is 58.0 Å². The number of nitrogens with two attached hydrogens (primary N) is 1. The minimum absolute atomic E-state index is 0.0310. The molecule has 5 atom stereocenters. The quantitative estimate of drug-likeness (QED) is 0.141. The van der Waals surface area contributed by atoms with Crippen LogP contribution < -0.4 is 27.0 Å². The van der Waals surface area contributed by atoms with Gasteiger partial charge in [0.05, 0.1) is 6.04 Å². The topological polar surface area (TPSA) is 217 Å². The number of rotatable bonds is 16. The van der Waals surface area contributed by atoms with E-state index in [1.165, 1.54) is 6.92 Å². The molecule has 4 amide bonds. The van der Waals surface area contributed by atoms with E-state index >= 15 is 0 Å². The first-order valence-corrected chi connectivity index (χ1v) is 13.1. The molecule has 1 rings (SSSR count). The van der Waals surface area contributed by atoms with E-state index in [4.69, 9.17) is 10.8 Å². The lowest BCUT2D eigenvalue weighted by Crippen LogP contribution is -2.59. The standard InChI is InChI=1S/C27H41N5O8/c1-14(2)21(28)25(37)32-22(15(3)4)26(38)29-16(5)23(35)30-18(11-12-20(33)34)24(36)31-19(27(39)40)13-17-9-7-6-8-10-17/h6-10,14-16,18-19,21-22H,11-13,28H2,1-5H3,(H,29,38)(H,30,35)(H,31,36)(H,32,37)(H,33,34)(H,39,40)/t16-,18-,19-,21-,22-/m0/s1. The minimum atomic E-state index is -1.38. The van der Waals surface area contributed by atoms with Gasteiger partial charge in [0.2, 0.25) is 23.6 Å². The molecule has 0 aliphatic carbocycles. The summed E-state index contributed by atoms with van der Waals surface area (Å²) < 4.78 is 0. The molecule has 0 saturated carbocycles. The molecule has 0 aliphatic heterocycles. The van der Waals surface area contributed by atoms with Crippen molar-refractivity contribution < 1.29 is 39.0 Å². The number of carboxylic acid groups (broad SMARTS) is 2. The van der Waals surface area contributed by atoms with Crippen LogP contribution in [0.1, 0.15) is 53.0 Å². The number of nitrogens with one attached hydrogen (secondary N) is 4. The molecular formula is C27H41N5O8. The molecule has 1 aromatic carbocycles. The van der Waals surface area contributed by atoms with Crippen LogP contribution in [0.25, 0.3) is 0 Å². The zero-order chi connectivity index (χ0) is 30.6. The fraction of sp³-hybridized carbons (Fsp3) is 0.556. The lowest BCUT2D eigenvalue weighted by molar-refractivity contribution is -0.143. The van der Waals surface area contributed by atoms with Gasteiger partial charge in [-0.3, -0.25) is 24.0 Å². The fourth-order valence-corrected chi connectivity index (χ4v) is 3.61. The highest BCUT2D eigenvalue weighted by molar-refractivity contribution is 5.95. The fourth-order valence-electron chi connectivity index (χ4n) is 3.61. The highest BCUT2D eigenvalue weighted by Crippen LogP contribution is 2.08. The molecule has 13 nitrogen and oxygen atoms in total. The summed E-state index contributed by atoms with van der Waals surface area (Å²) in [5.74, 6) is -5.89. The normalized spacial score (nSPS) is 14.8. The van der Waals surface area contributed by atoms with Gasteiger partial charge in [0.15, 0.2) is 0 Å². The van der Waals surface area contributed by atoms with Gasteiger partial charge in [-0.2, -0.15) is 0 Å². The third-order valence-electron chi connectivity index (χ3n) is 6.20. The third kappa shape index (κ3) is 11.4. The summed E-state index contributed by atoms with van der Waals surface area (Å²) in [4.78, 5) is 74.0. The lowest BCUT2D eigenvalue weighted by Gasteiger charge is -2.27.